The van der Waals surface area contributed by atoms with E-state index in [0.717, 1.165) is 0 Å². The number of amides is 1. The molecule has 102 valence electrons. The molecule has 1 saturated heterocycles. The highest BCUT2D eigenvalue weighted by molar-refractivity contribution is 5.68. The van der Waals surface area contributed by atoms with Crippen molar-refractivity contribution in [1.29, 1.82) is 0 Å². The summed E-state index contributed by atoms with van der Waals surface area (Å²) >= 11 is 0. The largest absolute Gasteiger partial charge is 0.444 e. The number of likely N-dealkylation sites (tertiary alicyclic amines) is 1. The summed E-state index contributed by atoms with van der Waals surface area (Å²) in [5.41, 5.74) is 7.62. The zero-order valence-electron chi connectivity index (χ0n) is 11.0. The number of hydrogen-bond donors (Lipinski definition) is 0. The summed E-state index contributed by atoms with van der Waals surface area (Å²) in [7, 11) is 0. The Morgan fingerprint density at radius 2 is 2.28 bits per heavy atom. The minimum atomic E-state index is -1.17. The number of ether oxygens (including phenoxy) is 1. The minimum Gasteiger partial charge on any atom is -0.444 e. The molecule has 1 aliphatic rings. The molecule has 0 unspecified atom stereocenters. The number of alkyl halides is 1. The Kier molecular flexibility index (Phi) is 4.78. The predicted molar refractivity (Wildman–Crippen MR) is 64.8 cm³/mol. The third-order valence-corrected chi connectivity index (χ3v) is 2.71. The number of carbonyl (C=O) groups is 1. The Hall–Kier alpha value is -1.49. The van der Waals surface area contributed by atoms with Crippen LogP contribution in [0.5, 0.6) is 0 Å². The molecule has 0 saturated carbocycles. The SMILES string of the molecule is CC(C)(C)OC(=O)N1CC[C@H](CN=[N+]=[N-])[C@H](F)C1. The monoisotopic (exact) mass is 258 g/mol. The van der Waals surface area contributed by atoms with Crippen LogP contribution in [0, 0.1) is 5.92 Å². The van der Waals surface area contributed by atoms with Gasteiger partial charge in [0.25, 0.3) is 0 Å². The average molecular weight is 258 g/mol. The quantitative estimate of drug-likeness (QED) is 0.433. The first-order valence-corrected chi connectivity index (χ1v) is 5.96. The predicted octanol–water partition coefficient (Wildman–Crippen LogP) is 2.89. The van der Waals surface area contributed by atoms with E-state index in [1.54, 1.807) is 20.8 Å². The van der Waals surface area contributed by atoms with Crippen LogP contribution in [0.25, 0.3) is 10.4 Å². The highest BCUT2D eigenvalue weighted by atomic mass is 19.1. The summed E-state index contributed by atoms with van der Waals surface area (Å²) < 4.78 is 19.0. The lowest BCUT2D eigenvalue weighted by Crippen LogP contribution is -2.47. The normalized spacial score (nSPS) is 24.3. The summed E-state index contributed by atoms with van der Waals surface area (Å²) in [5, 5.41) is 3.38. The van der Waals surface area contributed by atoms with Gasteiger partial charge in [-0.3, -0.25) is 0 Å². The number of hydrogen-bond acceptors (Lipinski definition) is 3. The van der Waals surface area contributed by atoms with Gasteiger partial charge in [0.2, 0.25) is 0 Å². The molecule has 0 spiro atoms. The van der Waals surface area contributed by atoms with Gasteiger partial charge in [-0.2, -0.15) is 0 Å². The van der Waals surface area contributed by atoms with Crippen molar-refractivity contribution >= 4 is 6.09 Å². The van der Waals surface area contributed by atoms with E-state index >= 15 is 0 Å². The zero-order chi connectivity index (χ0) is 13.8. The molecular weight excluding hydrogens is 239 g/mol. The van der Waals surface area contributed by atoms with Crippen LogP contribution < -0.4 is 0 Å². The van der Waals surface area contributed by atoms with Crippen molar-refractivity contribution in [3.05, 3.63) is 10.4 Å². The topological polar surface area (TPSA) is 78.3 Å². The highest BCUT2D eigenvalue weighted by Gasteiger charge is 2.33. The molecule has 0 bridgehead atoms. The lowest BCUT2D eigenvalue weighted by molar-refractivity contribution is 0.00627. The maximum atomic E-state index is 13.8. The standard InChI is InChI=1S/C11H19FN4O2/c1-11(2,3)18-10(17)16-5-4-8(6-14-15-13)9(12)7-16/h8-9H,4-7H2,1-3H3/t8-,9-/m1/s1. The van der Waals surface area contributed by atoms with Gasteiger partial charge in [-0.25, -0.2) is 9.18 Å². The first-order valence-electron chi connectivity index (χ1n) is 5.96. The fraction of sp³-hybridized carbons (Fsp3) is 0.909. The Labute approximate surface area is 106 Å². The van der Waals surface area contributed by atoms with Crippen LogP contribution >= 0.6 is 0 Å². The lowest BCUT2D eigenvalue weighted by Gasteiger charge is -2.35. The van der Waals surface area contributed by atoms with Crippen LogP contribution in [0.2, 0.25) is 0 Å². The first-order chi connectivity index (χ1) is 8.33. The molecule has 1 rings (SSSR count). The molecule has 1 amide bonds. The van der Waals surface area contributed by atoms with Gasteiger partial charge in [0, 0.05) is 18.0 Å². The summed E-state index contributed by atoms with van der Waals surface area (Å²) in [6.45, 7) is 5.88. The number of piperidine rings is 1. The molecule has 1 fully saturated rings. The van der Waals surface area contributed by atoms with Crippen LogP contribution in [0.1, 0.15) is 27.2 Å². The average Bonchev–Trinajstić information content (AvgIpc) is 2.25. The minimum absolute atomic E-state index is 0.000524. The van der Waals surface area contributed by atoms with E-state index in [9.17, 15) is 9.18 Å². The molecular formula is C11H19FN4O2. The van der Waals surface area contributed by atoms with Crippen molar-refractivity contribution in [3.63, 3.8) is 0 Å². The van der Waals surface area contributed by atoms with E-state index in [1.165, 1.54) is 4.90 Å². The number of nitrogens with zero attached hydrogens (tertiary/aromatic N) is 4. The molecule has 0 aromatic rings. The second kappa shape index (κ2) is 5.91. The van der Waals surface area contributed by atoms with Gasteiger partial charge >= 0.3 is 6.09 Å². The Balaban J connectivity index is 2.50. The molecule has 2 atom stereocenters. The van der Waals surface area contributed by atoms with E-state index in [-0.39, 0.29) is 19.0 Å². The van der Waals surface area contributed by atoms with E-state index in [2.05, 4.69) is 10.0 Å². The smallest absolute Gasteiger partial charge is 0.410 e. The van der Waals surface area contributed by atoms with Crippen LogP contribution in [0.3, 0.4) is 0 Å². The maximum absolute atomic E-state index is 13.8. The number of rotatable bonds is 2. The summed E-state index contributed by atoms with van der Waals surface area (Å²) in [6, 6.07) is 0. The lowest BCUT2D eigenvalue weighted by atomic mass is 9.95. The molecule has 0 aliphatic carbocycles. The first kappa shape index (κ1) is 14.6. The van der Waals surface area contributed by atoms with E-state index < -0.39 is 17.9 Å². The van der Waals surface area contributed by atoms with Crippen LogP contribution in [-0.2, 0) is 4.74 Å². The molecule has 6 nitrogen and oxygen atoms in total. The summed E-state index contributed by atoms with van der Waals surface area (Å²) in [6.07, 6.45) is -1.18. The molecule has 0 radical (unpaired) electrons. The third kappa shape index (κ3) is 4.41. The van der Waals surface area contributed by atoms with Gasteiger partial charge in [0.05, 0.1) is 6.54 Å². The van der Waals surface area contributed by atoms with Crippen molar-refractivity contribution < 1.29 is 13.9 Å². The highest BCUT2D eigenvalue weighted by Crippen LogP contribution is 2.22. The Morgan fingerprint density at radius 1 is 1.61 bits per heavy atom. The molecule has 7 heteroatoms. The second-order valence-corrected chi connectivity index (χ2v) is 5.40. The van der Waals surface area contributed by atoms with Crippen LogP contribution in [-0.4, -0.2) is 42.4 Å². The van der Waals surface area contributed by atoms with Crippen LogP contribution in [0.15, 0.2) is 5.11 Å². The van der Waals surface area contributed by atoms with Gasteiger partial charge in [0.15, 0.2) is 0 Å². The van der Waals surface area contributed by atoms with Crippen molar-refractivity contribution in [2.75, 3.05) is 19.6 Å². The van der Waals surface area contributed by atoms with Gasteiger partial charge in [0.1, 0.15) is 11.8 Å². The fourth-order valence-corrected chi connectivity index (χ4v) is 1.79. The summed E-state index contributed by atoms with van der Waals surface area (Å²) in [5.74, 6) is -0.306. The van der Waals surface area contributed by atoms with Gasteiger partial charge in [-0.1, -0.05) is 5.11 Å². The van der Waals surface area contributed by atoms with Gasteiger partial charge < -0.3 is 9.64 Å². The molecule has 18 heavy (non-hydrogen) atoms. The maximum Gasteiger partial charge on any atom is 0.410 e. The number of azide groups is 1. The zero-order valence-corrected chi connectivity index (χ0v) is 11.0. The molecule has 1 heterocycles. The molecule has 0 N–H and O–H groups in total. The number of carbonyl (C=O) groups excluding carboxylic acids is 1. The number of halogens is 1. The van der Waals surface area contributed by atoms with E-state index in [1.807, 2.05) is 0 Å². The second-order valence-electron chi connectivity index (χ2n) is 5.40. The molecule has 1 aliphatic heterocycles. The van der Waals surface area contributed by atoms with Crippen molar-refractivity contribution in [2.24, 2.45) is 11.0 Å². The van der Waals surface area contributed by atoms with Gasteiger partial charge in [-0.15, -0.1) is 0 Å². The third-order valence-electron chi connectivity index (χ3n) is 2.71. The van der Waals surface area contributed by atoms with Crippen molar-refractivity contribution in [2.45, 2.75) is 39.0 Å². The van der Waals surface area contributed by atoms with Crippen LogP contribution in [0.4, 0.5) is 9.18 Å². The Morgan fingerprint density at radius 3 is 2.78 bits per heavy atom. The van der Waals surface area contributed by atoms with Gasteiger partial charge in [-0.05, 0) is 38.6 Å². The van der Waals surface area contributed by atoms with Crippen molar-refractivity contribution in [3.8, 4) is 0 Å². The molecule has 0 aromatic carbocycles. The fourth-order valence-electron chi connectivity index (χ4n) is 1.79. The van der Waals surface area contributed by atoms with E-state index in [0.29, 0.717) is 13.0 Å². The summed E-state index contributed by atoms with van der Waals surface area (Å²) in [4.78, 5) is 15.7. The molecule has 0 aromatic heterocycles. The van der Waals surface area contributed by atoms with Crippen molar-refractivity contribution in [1.82, 2.24) is 4.90 Å². The Bertz CT molecular complexity index is 349. The van der Waals surface area contributed by atoms with E-state index in [4.69, 9.17) is 10.3 Å².